The van der Waals surface area contributed by atoms with Crippen molar-refractivity contribution in [2.75, 3.05) is 63.7 Å². The van der Waals surface area contributed by atoms with Crippen LogP contribution in [0.15, 0.2) is 66.9 Å². The SMILES string of the molecule is COc1ccc(-n2nc(C(F)(F)F)c3c2C(=O)N(c2ccc(C(=O)N(C)C)cc2)CC3)c(C(=O)N2CCN(c3ccccn3)CC2)c1. The van der Waals surface area contributed by atoms with Gasteiger partial charge >= 0.3 is 6.18 Å². The van der Waals surface area contributed by atoms with Gasteiger partial charge in [0.15, 0.2) is 5.69 Å². The maximum Gasteiger partial charge on any atom is 0.435 e. The lowest BCUT2D eigenvalue weighted by Crippen LogP contribution is -2.49. The molecule has 14 heteroatoms. The fourth-order valence-electron chi connectivity index (χ4n) is 5.90. The Morgan fingerprint density at radius 3 is 2.28 bits per heavy atom. The van der Waals surface area contributed by atoms with Crippen molar-refractivity contribution in [1.82, 2.24) is 24.6 Å². The van der Waals surface area contributed by atoms with Gasteiger partial charge in [-0.05, 0) is 61.0 Å². The number of amides is 3. The van der Waals surface area contributed by atoms with E-state index < -0.39 is 23.7 Å². The van der Waals surface area contributed by atoms with Crippen molar-refractivity contribution < 1.29 is 32.3 Å². The van der Waals surface area contributed by atoms with E-state index in [-0.39, 0.29) is 41.4 Å². The lowest BCUT2D eigenvalue weighted by molar-refractivity contribution is -0.141. The minimum Gasteiger partial charge on any atom is -0.497 e. The number of nitrogens with zero attached hydrogens (tertiary/aromatic N) is 7. The lowest BCUT2D eigenvalue weighted by atomic mass is 10.0. The van der Waals surface area contributed by atoms with Gasteiger partial charge in [-0.2, -0.15) is 18.3 Å². The second kappa shape index (κ2) is 12.4. The average Bonchev–Trinajstić information content (AvgIpc) is 3.49. The molecule has 47 heavy (non-hydrogen) atoms. The van der Waals surface area contributed by atoms with Gasteiger partial charge < -0.3 is 24.3 Å². The summed E-state index contributed by atoms with van der Waals surface area (Å²) in [5.74, 6) is -0.266. The van der Waals surface area contributed by atoms with Gasteiger partial charge in [0.25, 0.3) is 17.7 Å². The van der Waals surface area contributed by atoms with Gasteiger partial charge in [0.2, 0.25) is 0 Å². The van der Waals surface area contributed by atoms with Crippen LogP contribution in [0, 0.1) is 0 Å². The summed E-state index contributed by atoms with van der Waals surface area (Å²) < 4.78 is 49.3. The Morgan fingerprint density at radius 1 is 0.936 bits per heavy atom. The van der Waals surface area contributed by atoms with Gasteiger partial charge in [-0.1, -0.05) is 6.07 Å². The molecular formula is C33H32F3N7O4. The van der Waals surface area contributed by atoms with Crippen LogP contribution in [-0.4, -0.2) is 96.2 Å². The number of methoxy groups -OCH3 is 1. The number of aromatic nitrogens is 3. The molecule has 0 N–H and O–H groups in total. The molecule has 0 bridgehead atoms. The molecule has 2 aromatic heterocycles. The molecule has 0 unspecified atom stereocenters. The summed E-state index contributed by atoms with van der Waals surface area (Å²) in [6.07, 6.45) is -3.27. The minimum absolute atomic E-state index is 0.0248. The fourth-order valence-corrected chi connectivity index (χ4v) is 5.90. The van der Waals surface area contributed by atoms with Crippen molar-refractivity contribution in [2.45, 2.75) is 12.6 Å². The summed E-state index contributed by atoms with van der Waals surface area (Å²) >= 11 is 0. The number of hydrogen-bond donors (Lipinski definition) is 0. The molecule has 4 heterocycles. The van der Waals surface area contributed by atoms with E-state index in [0.717, 1.165) is 10.5 Å². The van der Waals surface area contributed by atoms with Crippen LogP contribution in [0.2, 0.25) is 0 Å². The number of alkyl halides is 3. The van der Waals surface area contributed by atoms with Crippen LogP contribution in [0.3, 0.4) is 0 Å². The van der Waals surface area contributed by atoms with Crippen LogP contribution in [0.4, 0.5) is 24.7 Å². The molecule has 3 amide bonds. The highest BCUT2D eigenvalue weighted by Crippen LogP contribution is 2.38. The van der Waals surface area contributed by atoms with Gasteiger partial charge in [-0.25, -0.2) is 9.67 Å². The summed E-state index contributed by atoms with van der Waals surface area (Å²) in [6, 6.07) is 16.3. The predicted molar refractivity (Wildman–Crippen MR) is 167 cm³/mol. The Kier molecular flexibility index (Phi) is 8.34. The van der Waals surface area contributed by atoms with Crippen molar-refractivity contribution >= 4 is 29.2 Å². The third-order valence-electron chi connectivity index (χ3n) is 8.32. The van der Waals surface area contributed by atoms with E-state index in [2.05, 4.69) is 10.1 Å². The molecule has 4 aromatic rings. The Balaban J connectivity index is 1.37. The van der Waals surface area contributed by atoms with Gasteiger partial charge in [0.1, 0.15) is 17.3 Å². The molecule has 2 aliphatic heterocycles. The number of carbonyl (C=O) groups is 3. The topological polar surface area (TPSA) is 104 Å². The number of ether oxygens (including phenoxy) is 1. The first-order chi connectivity index (χ1) is 22.5. The Hall–Kier alpha value is -5.40. The van der Waals surface area contributed by atoms with Crippen LogP contribution in [-0.2, 0) is 12.6 Å². The normalized spacial score (nSPS) is 15.0. The van der Waals surface area contributed by atoms with Gasteiger partial charge in [-0.3, -0.25) is 14.4 Å². The van der Waals surface area contributed by atoms with Gasteiger partial charge in [0, 0.05) is 69.8 Å². The van der Waals surface area contributed by atoms with Gasteiger partial charge in [0.05, 0.1) is 18.4 Å². The second-order valence-corrected chi connectivity index (χ2v) is 11.4. The maximum atomic E-state index is 14.3. The molecule has 0 aliphatic carbocycles. The Bertz CT molecular complexity index is 1820. The molecule has 2 aliphatic rings. The highest BCUT2D eigenvalue weighted by molar-refractivity contribution is 6.08. The number of pyridine rings is 1. The zero-order valence-electron chi connectivity index (χ0n) is 26.0. The van der Waals surface area contributed by atoms with Crippen LogP contribution in [0.25, 0.3) is 5.69 Å². The summed E-state index contributed by atoms with van der Waals surface area (Å²) in [5.41, 5.74) is -0.814. The van der Waals surface area contributed by atoms with Crippen molar-refractivity contribution in [3.8, 4) is 11.4 Å². The van der Waals surface area contributed by atoms with Crippen molar-refractivity contribution in [2.24, 2.45) is 0 Å². The smallest absolute Gasteiger partial charge is 0.435 e. The van der Waals surface area contributed by atoms with Gasteiger partial charge in [-0.15, -0.1) is 0 Å². The maximum absolute atomic E-state index is 14.3. The first kappa shape index (κ1) is 31.6. The molecule has 1 saturated heterocycles. The van der Waals surface area contributed by atoms with Crippen molar-refractivity contribution in [3.63, 3.8) is 0 Å². The standard InChI is InChI=1S/C33H32F3N7O4/c1-39(2)30(44)21-7-9-22(10-8-21)42-15-13-24-28(32(42)46)43(38-29(24)33(34,35)36)26-12-11-23(47-3)20-25(26)31(45)41-18-16-40(17-19-41)27-6-4-5-14-37-27/h4-12,14,20H,13,15-19H2,1-3H3. The minimum atomic E-state index is -4.84. The second-order valence-electron chi connectivity index (χ2n) is 11.4. The van der Waals surface area contributed by atoms with Crippen LogP contribution in [0.5, 0.6) is 5.75 Å². The molecule has 0 saturated carbocycles. The molecule has 6 rings (SSSR count). The molecule has 0 spiro atoms. The molecule has 11 nitrogen and oxygen atoms in total. The lowest BCUT2D eigenvalue weighted by Gasteiger charge is -2.35. The highest BCUT2D eigenvalue weighted by Gasteiger charge is 2.44. The van der Waals surface area contributed by atoms with Crippen LogP contribution >= 0.6 is 0 Å². The van der Waals surface area contributed by atoms with Crippen LogP contribution < -0.4 is 14.5 Å². The number of anilines is 2. The number of fused-ring (bicyclic) bond motifs is 1. The molecule has 2 aromatic carbocycles. The number of hydrogen-bond acceptors (Lipinski definition) is 7. The fraction of sp³-hybridized carbons (Fsp3) is 0.303. The summed E-state index contributed by atoms with van der Waals surface area (Å²) in [6.45, 7) is 1.66. The zero-order valence-corrected chi connectivity index (χ0v) is 26.0. The molecular weight excluding hydrogens is 615 g/mol. The van der Waals surface area contributed by atoms with Crippen molar-refractivity contribution in [3.05, 3.63) is 94.9 Å². The summed E-state index contributed by atoms with van der Waals surface area (Å²) in [5, 5.41) is 3.93. The largest absolute Gasteiger partial charge is 0.497 e. The van der Waals surface area contributed by atoms with E-state index in [1.165, 1.54) is 35.1 Å². The Labute approximate surface area is 268 Å². The quantitative estimate of drug-likeness (QED) is 0.310. The highest BCUT2D eigenvalue weighted by atomic mass is 19.4. The molecule has 1 fully saturated rings. The van der Waals surface area contributed by atoms with Crippen molar-refractivity contribution in [1.29, 1.82) is 0 Å². The first-order valence-corrected chi connectivity index (χ1v) is 14.9. The first-order valence-electron chi connectivity index (χ1n) is 14.9. The van der Waals surface area contributed by atoms with E-state index in [4.69, 9.17) is 4.74 Å². The molecule has 0 atom stereocenters. The van der Waals surface area contributed by atoms with E-state index in [0.29, 0.717) is 43.2 Å². The van der Waals surface area contributed by atoms with E-state index in [1.54, 1.807) is 49.5 Å². The number of benzene rings is 2. The number of piperazine rings is 1. The summed E-state index contributed by atoms with van der Waals surface area (Å²) in [7, 11) is 4.66. The van der Waals surface area contributed by atoms with E-state index in [9.17, 15) is 27.6 Å². The average molecular weight is 648 g/mol. The third-order valence-corrected chi connectivity index (χ3v) is 8.32. The Morgan fingerprint density at radius 2 is 1.66 bits per heavy atom. The van der Waals surface area contributed by atoms with E-state index >= 15 is 0 Å². The number of carbonyl (C=O) groups excluding carboxylic acids is 3. The third kappa shape index (κ3) is 5.98. The molecule has 244 valence electrons. The monoisotopic (exact) mass is 647 g/mol. The number of rotatable bonds is 6. The van der Waals surface area contributed by atoms with Crippen LogP contribution in [0.1, 0.15) is 42.5 Å². The van der Waals surface area contributed by atoms with E-state index in [1.807, 2.05) is 23.1 Å². The zero-order chi connectivity index (χ0) is 33.5. The molecule has 0 radical (unpaired) electrons. The predicted octanol–water partition coefficient (Wildman–Crippen LogP) is 4.16. The number of halogens is 3. The summed E-state index contributed by atoms with van der Waals surface area (Å²) in [4.78, 5) is 51.2.